The van der Waals surface area contributed by atoms with E-state index in [2.05, 4.69) is 10.3 Å². The predicted molar refractivity (Wildman–Crippen MR) is 52.2 cm³/mol. The first-order valence-corrected chi connectivity index (χ1v) is 4.52. The van der Waals surface area contributed by atoms with E-state index in [4.69, 9.17) is 5.11 Å². The lowest BCUT2D eigenvalue weighted by molar-refractivity contribution is -0.140. The number of imidazole rings is 1. The summed E-state index contributed by atoms with van der Waals surface area (Å²) in [7, 11) is 0. The Hall–Kier alpha value is -1.85. The van der Waals surface area contributed by atoms with Crippen molar-refractivity contribution in [3.63, 3.8) is 0 Å². The summed E-state index contributed by atoms with van der Waals surface area (Å²) >= 11 is 0. The molecule has 0 aliphatic heterocycles. The van der Waals surface area contributed by atoms with Crippen molar-refractivity contribution in [2.45, 2.75) is 25.9 Å². The molecule has 0 saturated carbocycles. The molecule has 1 heterocycles. The van der Waals surface area contributed by atoms with Crippen molar-refractivity contribution in [1.82, 2.24) is 14.9 Å². The Bertz CT molecular complexity index is 359. The van der Waals surface area contributed by atoms with Gasteiger partial charge in [0.2, 0.25) is 6.41 Å². The van der Waals surface area contributed by atoms with Crippen LogP contribution in [0.5, 0.6) is 0 Å². The van der Waals surface area contributed by atoms with E-state index in [0.29, 0.717) is 12.1 Å². The molecule has 2 N–H and O–H groups in total. The van der Waals surface area contributed by atoms with E-state index in [-0.39, 0.29) is 6.04 Å². The van der Waals surface area contributed by atoms with Crippen molar-refractivity contribution in [1.29, 1.82) is 0 Å². The fraction of sp³-hybridized carbons (Fsp3) is 0.444. The summed E-state index contributed by atoms with van der Waals surface area (Å²) in [6.45, 7) is 3.82. The summed E-state index contributed by atoms with van der Waals surface area (Å²) in [5, 5.41) is 11.2. The van der Waals surface area contributed by atoms with Crippen LogP contribution < -0.4 is 5.32 Å². The largest absolute Gasteiger partial charge is 0.479 e. The SMILES string of the molecule is CC(C)n1cncc1C(NC=O)C(=O)O. The second kappa shape index (κ2) is 4.59. The normalized spacial score (nSPS) is 12.5. The first kappa shape index (κ1) is 11.2. The van der Waals surface area contributed by atoms with Gasteiger partial charge in [-0.25, -0.2) is 9.78 Å². The third-order valence-corrected chi connectivity index (χ3v) is 2.03. The number of amides is 1. The average Bonchev–Trinajstić information content (AvgIpc) is 2.61. The summed E-state index contributed by atoms with van der Waals surface area (Å²) in [5.41, 5.74) is 0.463. The maximum Gasteiger partial charge on any atom is 0.332 e. The third kappa shape index (κ3) is 2.34. The molecule has 0 radical (unpaired) electrons. The molecular weight excluding hydrogens is 198 g/mol. The average molecular weight is 211 g/mol. The number of carbonyl (C=O) groups is 2. The number of nitrogens with zero attached hydrogens (tertiary/aromatic N) is 2. The van der Waals surface area contributed by atoms with Crippen LogP contribution in [0, 0.1) is 0 Å². The standard InChI is InChI=1S/C9H13N3O3/c1-6(2)12-4-10-3-7(12)8(9(14)15)11-5-13/h3-6,8H,1-2H3,(H,11,13)(H,14,15). The van der Waals surface area contributed by atoms with Crippen LogP contribution in [0.15, 0.2) is 12.5 Å². The number of carboxylic acids is 1. The summed E-state index contributed by atoms with van der Waals surface area (Å²) in [6.07, 6.45) is 3.36. The molecule has 0 fully saturated rings. The Morgan fingerprint density at radius 2 is 2.33 bits per heavy atom. The zero-order chi connectivity index (χ0) is 11.4. The minimum absolute atomic E-state index is 0.0952. The van der Waals surface area contributed by atoms with Crippen molar-refractivity contribution in [3.05, 3.63) is 18.2 Å². The van der Waals surface area contributed by atoms with Crippen LogP contribution in [-0.2, 0) is 9.59 Å². The molecule has 0 aromatic carbocycles. The second-order valence-corrected chi connectivity index (χ2v) is 3.38. The molecule has 1 aromatic rings. The number of carboxylic acid groups (broad SMARTS) is 1. The van der Waals surface area contributed by atoms with E-state index in [9.17, 15) is 9.59 Å². The lowest BCUT2D eigenvalue weighted by atomic mass is 10.2. The fourth-order valence-corrected chi connectivity index (χ4v) is 1.32. The fourth-order valence-electron chi connectivity index (χ4n) is 1.32. The molecule has 1 amide bonds. The smallest absolute Gasteiger partial charge is 0.332 e. The molecule has 1 atom stereocenters. The van der Waals surface area contributed by atoms with Gasteiger partial charge in [0, 0.05) is 6.04 Å². The molecule has 15 heavy (non-hydrogen) atoms. The molecular formula is C9H13N3O3. The number of hydrogen-bond donors (Lipinski definition) is 2. The molecule has 6 nitrogen and oxygen atoms in total. The third-order valence-electron chi connectivity index (χ3n) is 2.03. The summed E-state index contributed by atoms with van der Waals surface area (Å²) in [5.74, 6) is -1.11. The lowest BCUT2D eigenvalue weighted by Gasteiger charge is -2.16. The molecule has 82 valence electrons. The van der Waals surface area contributed by atoms with Gasteiger partial charge in [-0.1, -0.05) is 0 Å². The highest BCUT2D eigenvalue weighted by Crippen LogP contribution is 2.16. The Morgan fingerprint density at radius 1 is 1.67 bits per heavy atom. The second-order valence-electron chi connectivity index (χ2n) is 3.38. The minimum Gasteiger partial charge on any atom is -0.479 e. The molecule has 1 unspecified atom stereocenters. The number of carbonyl (C=O) groups excluding carboxylic acids is 1. The van der Waals surface area contributed by atoms with Crippen molar-refractivity contribution < 1.29 is 14.7 Å². The molecule has 1 aromatic heterocycles. The van der Waals surface area contributed by atoms with E-state index in [1.165, 1.54) is 6.20 Å². The van der Waals surface area contributed by atoms with Gasteiger partial charge in [0.15, 0.2) is 6.04 Å². The number of aromatic nitrogens is 2. The maximum atomic E-state index is 10.9. The van der Waals surface area contributed by atoms with Gasteiger partial charge in [0.1, 0.15) is 0 Å². The molecule has 1 rings (SSSR count). The lowest BCUT2D eigenvalue weighted by Crippen LogP contribution is -2.29. The van der Waals surface area contributed by atoms with Gasteiger partial charge in [-0.05, 0) is 13.8 Å². The number of aliphatic carboxylic acids is 1. The molecule has 6 heteroatoms. The van der Waals surface area contributed by atoms with Gasteiger partial charge in [0.25, 0.3) is 0 Å². The Kier molecular flexibility index (Phi) is 3.43. The van der Waals surface area contributed by atoms with Gasteiger partial charge in [0.05, 0.1) is 18.2 Å². The van der Waals surface area contributed by atoms with Crippen molar-refractivity contribution in [3.8, 4) is 0 Å². The van der Waals surface area contributed by atoms with Crippen molar-refractivity contribution >= 4 is 12.4 Å². The van der Waals surface area contributed by atoms with Gasteiger partial charge in [-0.3, -0.25) is 4.79 Å². The minimum atomic E-state index is -1.11. The zero-order valence-electron chi connectivity index (χ0n) is 8.54. The van der Waals surface area contributed by atoms with Gasteiger partial charge < -0.3 is 15.0 Å². The van der Waals surface area contributed by atoms with Crippen LogP contribution in [0.3, 0.4) is 0 Å². The first-order chi connectivity index (χ1) is 7.07. The van der Waals surface area contributed by atoms with E-state index in [0.717, 1.165) is 0 Å². The van der Waals surface area contributed by atoms with E-state index >= 15 is 0 Å². The van der Waals surface area contributed by atoms with Crippen molar-refractivity contribution in [2.75, 3.05) is 0 Å². The van der Waals surface area contributed by atoms with Crippen LogP contribution in [0.2, 0.25) is 0 Å². The monoisotopic (exact) mass is 211 g/mol. The van der Waals surface area contributed by atoms with Gasteiger partial charge in [-0.15, -0.1) is 0 Å². The first-order valence-electron chi connectivity index (χ1n) is 4.52. The highest BCUT2D eigenvalue weighted by molar-refractivity contribution is 5.77. The van der Waals surface area contributed by atoms with E-state index in [1.54, 1.807) is 10.9 Å². The van der Waals surface area contributed by atoms with Gasteiger partial charge in [-0.2, -0.15) is 0 Å². The number of nitrogens with one attached hydrogen (secondary N) is 1. The molecule has 0 aliphatic carbocycles. The van der Waals surface area contributed by atoms with Crippen LogP contribution in [0.1, 0.15) is 31.6 Å². The topological polar surface area (TPSA) is 84.2 Å². The van der Waals surface area contributed by atoms with Gasteiger partial charge >= 0.3 is 5.97 Å². The predicted octanol–water partition coefficient (Wildman–Crippen LogP) is 0.336. The maximum absolute atomic E-state index is 10.9. The molecule has 0 aliphatic rings. The van der Waals surface area contributed by atoms with E-state index in [1.807, 2.05) is 13.8 Å². The molecule has 0 bridgehead atoms. The van der Waals surface area contributed by atoms with Crippen molar-refractivity contribution in [2.24, 2.45) is 0 Å². The Labute approximate surface area is 86.9 Å². The quantitative estimate of drug-likeness (QED) is 0.687. The molecule has 0 spiro atoms. The Balaban J connectivity index is 3.05. The van der Waals surface area contributed by atoms with Crippen LogP contribution >= 0.6 is 0 Å². The summed E-state index contributed by atoms with van der Waals surface area (Å²) < 4.78 is 1.70. The summed E-state index contributed by atoms with van der Waals surface area (Å²) in [4.78, 5) is 25.1. The summed E-state index contributed by atoms with van der Waals surface area (Å²) in [6, 6.07) is -0.954. The number of hydrogen-bond acceptors (Lipinski definition) is 3. The highest BCUT2D eigenvalue weighted by atomic mass is 16.4. The van der Waals surface area contributed by atoms with Crippen LogP contribution in [0.4, 0.5) is 0 Å². The Morgan fingerprint density at radius 3 is 2.80 bits per heavy atom. The number of rotatable bonds is 5. The van der Waals surface area contributed by atoms with Crippen LogP contribution in [-0.4, -0.2) is 27.0 Å². The van der Waals surface area contributed by atoms with E-state index < -0.39 is 12.0 Å². The highest BCUT2D eigenvalue weighted by Gasteiger charge is 2.23. The van der Waals surface area contributed by atoms with Crippen LogP contribution in [0.25, 0.3) is 0 Å². The molecule has 0 saturated heterocycles. The zero-order valence-corrected chi connectivity index (χ0v) is 8.54.